The Hall–Kier alpha value is -2.36. The topological polar surface area (TPSA) is 88.9 Å². The number of thioether (sulfide) groups is 1. The van der Waals surface area contributed by atoms with Gasteiger partial charge in [0, 0.05) is 27.8 Å². The Balaban J connectivity index is 1.56. The van der Waals surface area contributed by atoms with Gasteiger partial charge < -0.3 is 15.2 Å². The molecule has 3 rings (SSSR count). The molecule has 1 atom stereocenters. The standard InChI is InChI=1S/C20H19BrClN5O2S/c1-12(23-19(29)13-3-7-15(22)8-4-13)18-25-26-20(27(18)2)30-11-17(28)24-16-9-5-14(21)6-10-16/h3-10,12H,11H2,1-2H3,(H,23,29)(H,24,28)/t12-/m1/s1. The zero-order valence-electron chi connectivity index (χ0n) is 16.2. The number of carbonyl (C=O) groups excluding carboxylic acids is 2. The summed E-state index contributed by atoms with van der Waals surface area (Å²) in [7, 11) is 1.80. The molecule has 0 unspecified atom stereocenters. The van der Waals surface area contributed by atoms with E-state index in [-0.39, 0.29) is 23.6 Å². The van der Waals surface area contributed by atoms with Crippen LogP contribution in [0.3, 0.4) is 0 Å². The van der Waals surface area contributed by atoms with Crippen LogP contribution in [0.2, 0.25) is 5.02 Å². The molecule has 2 N–H and O–H groups in total. The Kier molecular flexibility index (Phi) is 7.52. The van der Waals surface area contributed by atoms with E-state index in [1.54, 1.807) is 35.9 Å². The summed E-state index contributed by atoms with van der Waals surface area (Å²) in [4.78, 5) is 24.6. The molecule has 0 aliphatic heterocycles. The number of anilines is 1. The molecule has 156 valence electrons. The predicted octanol–water partition coefficient (Wildman–Crippen LogP) is 4.45. The molecule has 0 aliphatic rings. The third-order valence-electron chi connectivity index (χ3n) is 4.17. The van der Waals surface area contributed by atoms with E-state index >= 15 is 0 Å². The second kappa shape index (κ2) is 10.1. The first kappa shape index (κ1) is 22.3. The minimum absolute atomic E-state index is 0.143. The molecule has 2 aromatic carbocycles. The third kappa shape index (κ3) is 5.84. The monoisotopic (exact) mass is 507 g/mol. The van der Waals surface area contributed by atoms with Crippen LogP contribution in [0.15, 0.2) is 58.2 Å². The van der Waals surface area contributed by atoms with E-state index in [0.717, 1.165) is 10.2 Å². The van der Waals surface area contributed by atoms with Crippen molar-refractivity contribution in [2.75, 3.05) is 11.1 Å². The summed E-state index contributed by atoms with van der Waals surface area (Å²) < 4.78 is 2.71. The first-order valence-electron chi connectivity index (χ1n) is 8.97. The molecule has 0 aliphatic carbocycles. The van der Waals surface area contributed by atoms with Crippen LogP contribution in [-0.4, -0.2) is 32.3 Å². The predicted molar refractivity (Wildman–Crippen MR) is 122 cm³/mol. The van der Waals surface area contributed by atoms with Gasteiger partial charge in [0.05, 0.1) is 11.8 Å². The van der Waals surface area contributed by atoms with Crippen molar-refractivity contribution in [3.05, 3.63) is 69.4 Å². The van der Waals surface area contributed by atoms with Gasteiger partial charge in [-0.1, -0.05) is 39.3 Å². The number of aromatic nitrogens is 3. The van der Waals surface area contributed by atoms with Crippen molar-refractivity contribution in [1.29, 1.82) is 0 Å². The van der Waals surface area contributed by atoms with Crippen LogP contribution >= 0.6 is 39.3 Å². The van der Waals surface area contributed by atoms with Crippen molar-refractivity contribution in [3.8, 4) is 0 Å². The minimum Gasteiger partial charge on any atom is -0.342 e. The summed E-state index contributed by atoms with van der Waals surface area (Å²) in [5.41, 5.74) is 1.23. The minimum atomic E-state index is -0.364. The van der Waals surface area contributed by atoms with Crippen molar-refractivity contribution in [3.63, 3.8) is 0 Å². The maximum Gasteiger partial charge on any atom is 0.251 e. The number of amides is 2. The van der Waals surface area contributed by atoms with Crippen LogP contribution in [0.1, 0.15) is 29.1 Å². The van der Waals surface area contributed by atoms with Gasteiger partial charge in [-0.05, 0) is 55.5 Å². The summed E-state index contributed by atoms with van der Waals surface area (Å²) in [6, 6.07) is 13.6. The van der Waals surface area contributed by atoms with E-state index < -0.39 is 0 Å². The molecular formula is C20H19BrClN5O2S. The van der Waals surface area contributed by atoms with E-state index in [9.17, 15) is 9.59 Å². The Morgan fingerprint density at radius 2 is 1.80 bits per heavy atom. The first-order valence-corrected chi connectivity index (χ1v) is 11.1. The number of benzene rings is 2. The Morgan fingerprint density at radius 1 is 1.13 bits per heavy atom. The second-order valence-corrected chi connectivity index (χ2v) is 8.74. The molecule has 0 bridgehead atoms. The van der Waals surface area contributed by atoms with Crippen molar-refractivity contribution in [2.45, 2.75) is 18.1 Å². The van der Waals surface area contributed by atoms with Crippen LogP contribution in [0.5, 0.6) is 0 Å². The molecule has 0 saturated carbocycles. The zero-order valence-corrected chi connectivity index (χ0v) is 19.4. The smallest absolute Gasteiger partial charge is 0.251 e. The van der Waals surface area contributed by atoms with E-state index in [1.807, 2.05) is 31.2 Å². The fourth-order valence-electron chi connectivity index (χ4n) is 2.64. The summed E-state index contributed by atoms with van der Waals surface area (Å²) in [5, 5.41) is 15.2. The Bertz CT molecular complexity index is 1040. The quantitative estimate of drug-likeness (QED) is 0.460. The molecule has 0 fully saturated rings. The maximum atomic E-state index is 12.4. The molecule has 2 amide bonds. The number of nitrogens with one attached hydrogen (secondary N) is 2. The third-order valence-corrected chi connectivity index (χ3v) is 5.97. The lowest BCUT2D eigenvalue weighted by molar-refractivity contribution is -0.113. The highest BCUT2D eigenvalue weighted by Gasteiger charge is 2.19. The number of carbonyl (C=O) groups is 2. The van der Waals surface area contributed by atoms with Gasteiger partial charge in [-0.2, -0.15) is 0 Å². The van der Waals surface area contributed by atoms with Crippen molar-refractivity contribution in [2.24, 2.45) is 7.05 Å². The lowest BCUT2D eigenvalue weighted by atomic mass is 10.2. The van der Waals surface area contributed by atoms with Gasteiger partial charge in [0.15, 0.2) is 11.0 Å². The highest BCUT2D eigenvalue weighted by atomic mass is 79.9. The molecule has 10 heteroatoms. The normalized spacial score (nSPS) is 11.7. The van der Waals surface area contributed by atoms with Crippen LogP contribution in [0, 0.1) is 0 Å². The van der Waals surface area contributed by atoms with E-state index in [1.165, 1.54) is 11.8 Å². The van der Waals surface area contributed by atoms with Crippen LogP contribution in [0.4, 0.5) is 5.69 Å². The zero-order chi connectivity index (χ0) is 21.7. The van der Waals surface area contributed by atoms with E-state index in [2.05, 4.69) is 36.8 Å². The summed E-state index contributed by atoms with van der Waals surface area (Å²) in [6.07, 6.45) is 0. The molecule has 30 heavy (non-hydrogen) atoms. The highest BCUT2D eigenvalue weighted by Crippen LogP contribution is 2.20. The fourth-order valence-corrected chi connectivity index (χ4v) is 3.74. The first-order chi connectivity index (χ1) is 14.3. The molecule has 1 aromatic heterocycles. The molecule has 0 spiro atoms. The number of hydrogen-bond donors (Lipinski definition) is 2. The lowest BCUT2D eigenvalue weighted by Gasteiger charge is -2.13. The van der Waals surface area contributed by atoms with Crippen molar-refractivity contribution >= 4 is 56.8 Å². The van der Waals surface area contributed by atoms with Gasteiger partial charge in [0.25, 0.3) is 5.91 Å². The van der Waals surface area contributed by atoms with Gasteiger partial charge in [0.1, 0.15) is 0 Å². The van der Waals surface area contributed by atoms with Gasteiger partial charge in [-0.15, -0.1) is 10.2 Å². The number of hydrogen-bond acceptors (Lipinski definition) is 5. The highest BCUT2D eigenvalue weighted by molar-refractivity contribution is 9.10. The van der Waals surface area contributed by atoms with Gasteiger partial charge in [0.2, 0.25) is 5.91 Å². The van der Waals surface area contributed by atoms with Crippen LogP contribution in [0.25, 0.3) is 0 Å². The molecule has 0 radical (unpaired) electrons. The Morgan fingerprint density at radius 3 is 2.47 bits per heavy atom. The molecule has 1 heterocycles. The summed E-state index contributed by atoms with van der Waals surface area (Å²) in [5.74, 6) is 0.405. The van der Waals surface area contributed by atoms with Gasteiger partial charge in [-0.3, -0.25) is 9.59 Å². The maximum absolute atomic E-state index is 12.4. The SMILES string of the molecule is C[C@@H](NC(=O)c1ccc(Cl)cc1)c1nnc(SCC(=O)Nc2ccc(Br)cc2)n1C. The second-order valence-electron chi connectivity index (χ2n) is 6.45. The average Bonchev–Trinajstić information content (AvgIpc) is 3.09. The fraction of sp³-hybridized carbons (Fsp3) is 0.200. The van der Waals surface area contributed by atoms with Crippen molar-refractivity contribution in [1.82, 2.24) is 20.1 Å². The van der Waals surface area contributed by atoms with E-state index in [0.29, 0.717) is 21.6 Å². The molecular weight excluding hydrogens is 490 g/mol. The molecule has 0 saturated heterocycles. The lowest BCUT2D eigenvalue weighted by Crippen LogP contribution is -2.28. The van der Waals surface area contributed by atoms with Crippen molar-refractivity contribution < 1.29 is 9.59 Å². The summed E-state index contributed by atoms with van der Waals surface area (Å²) in [6.45, 7) is 1.83. The largest absolute Gasteiger partial charge is 0.342 e. The van der Waals surface area contributed by atoms with Gasteiger partial charge in [-0.25, -0.2) is 0 Å². The van der Waals surface area contributed by atoms with Crippen LogP contribution in [-0.2, 0) is 11.8 Å². The Labute approximate surface area is 191 Å². The summed E-state index contributed by atoms with van der Waals surface area (Å²) >= 11 is 10.5. The molecule has 3 aromatic rings. The average molecular weight is 509 g/mol. The number of rotatable bonds is 7. The number of nitrogens with zero attached hydrogens (tertiary/aromatic N) is 3. The molecule has 7 nitrogen and oxygen atoms in total. The number of halogens is 2. The van der Waals surface area contributed by atoms with Crippen LogP contribution < -0.4 is 10.6 Å². The van der Waals surface area contributed by atoms with Gasteiger partial charge >= 0.3 is 0 Å². The van der Waals surface area contributed by atoms with E-state index in [4.69, 9.17) is 11.6 Å².